The number of aryl methyl sites for hydroxylation is 1. The van der Waals surface area contributed by atoms with E-state index in [1.54, 1.807) is 54.7 Å². The van der Waals surface area contributed by atoms with Crippen LogP contribution < -0.4 is 9.73 Å². The fourth-order valence-electron chi connectivity index (χ4n) is 4.83. The number of hydrogen-bond acceptors (Lipinski definition) is 4. The van der Waals surface area contributed by atoms with Crippen LogP contribution >= 0.6 is 23.2 Å². The van der Waals surface area contributed by atoms with Crippen molar-refractivity contribution in [2.45, 2.75) is 25.3 Å². The molecule has 0 saturated heterocycles. The van der Waals surface area contributed by atoms with Crippen LogP contribution in [-0.4, -0.2) is 25.1 Å². The molecule has 7 nitrogen and oxygen atoms in total. The molecule has 218 valence electrons. The zero-order valence-electron chi connectivity index (χ0n) is 23.4. The molecule has 0 fully saturated rings. The third-order valence-electron chi connectivity index (χ3n) is 6.93. The van der Waals surface area contributed by atoms with Gasteiger partial charge < -0.3 is 4.57 Å². The van der Waals surface area contributed by atoms with Crippen molar-refractivity contribution in [1.82, 2.24) is 9.99 Å². The quantitative estimate of drug-likeness (QED) is 0.135. The fraction of sp³-hybridized carbons (Fsp3) is 0.0909. The van der Waals surface area contributed by atoms with Crippen LogP contribution in [0.1, 0.15) is 32.9 Å². The Kier molecular flexibility index (Phi) is 9.01. The predicted octanol–water partition coefficient (Wildman–Crippen LogP) is 7.56. The minimum atomic E-state index is -4.02. The summed E-state index contributed by atoms with van der Waals surface area (Å²) < 4.78 is 31.0. The van der Waals surface area contributed by atoms with E-state index in [0.717, 1.165) is 28.2 Å². The molecule has 10 heteroatoms. The van der Waals surface area contributed by atoms with Crippen molar-refractivity contribution in [3.05, 3.63) is 147 Å². The lowest BCUT2D eigenvalue weighted by molar-refractivity contribution is 0.0955. The number of nitrogens with zero attached hydrogens (tertiary/aromatic N) is 3. The third-order valence-corrected chi connectivity index (χ3v) is 9.51. The van der Waals surface area contributed by atoms with E-state index in [4.69, 9.17) is 23.2 Å². The molecular weight excluding hydrogens is 603 g/mol. The molecule has 0 atom stereocenters. The largest absolute Gasteiger partial charge is 0.316 e. The number of aromatic nitrogens is 1. The van der Waals surface area contributed by atoms with Crippen molar-refractivity contribution in [1.29, 1.82) is 0 Å². The summed E-state index contributed by atoms with van der Waals surface area (Å²) in [6, 6.07) is 31.3. The van der Waals surface area contributed by atoms with E-state index in [-0.39, 0.29) is 22.7 Å². The SMILES string of the molecule is Cc1cc(/C=N/NC(=O)c2ccccc2N(Cc2ccccc2)S(=O)(=O)c2ccccc2)c(C)n1-c1cccc(Cl)c1Cl. The molecule has 5 aromatic rings. The maximum atomic E-state index is 13.9. The molecule has 0 bridgehead atoms. The number of nitrogens with one attached hydrogen (secondary N) is 1. The van der Waals surface area contributed by atoms with Gasteiger partial charge in [-0.2, -0.15) is 5.10 Å². The summed E-state index contributed by atoms with van der Waals surface area (Å²) in [7, 11) is -4.02. The summed E-state index contributed by atoms with van der Waals surface area (Å²) in [5, 5.41) is 5.09. The van der Waals surface area contributed by atoms with Crippen LogP contribution in [0.3, 0.4) is 0 Å². The van der Waals surface area contributed by atoms with Gasteiger partial charge in [0.25, 0.3) is 15.9 Å². The molecule has 0 saturated carbocycles. The van der Waals surface area contributed by atoms with Gasteiger partial charge >= 0.3 is 0 Å². The Morgan fingerprint density at radius 3 is 2.26 bits per heavy atom. The number of rotatable bonds is 9. The number of carbonyl (C=O) groups is 1. The minimum Gasteiger partial charge on any atom is -0.316 e. The molecule has 1 amide bonds. The summed E-state index contributed by atoms with van der Waals surface area (Å²) in [4.78, 5) is 13.6. The van der Waals surface area contributed by atoms with E-state index >= 15 is 0 Å². The van der Waals surface area contributed by atoms with Crippen LogP contribution in [-0.2, 0) is 16.6 Å². The average molecular weight is 632 g/mol. The Balaban J connectivity index is 1.45. The van der Waals surface area contributed by atoms with Crippen molar-refractivity contribution in [3.63, 3.8) is 0 Å². The van der Waals surface area contributed by atoms with Gasteiger partial charge in [0.15, 0.2) is 0 Å². The third kappa shape index (κ3) is 6.37. The number of amides is 1. The van der Waals surface area contributed by atoms with Crippen molar-refractivity contribution in [2.75, 3.05) is 4.31 Å². The van der Waals surface area contributed by atoms with Gasteiger partial charge in [-0.3, -0.25) is 9.10 Å². The predicted molar refractivity (Wildman–Crippen MR) is 173 cm³/mol. The molecule has 1 N–H and O–H groups in total. The van der Waals surface area contributed by atoms with Gasteiger partial charge in [0.1, 0.15) is 0 Å². The van der Waals surface area contributed by atoms with Gasteiger partial charge in [-0.1, -0.05) is 89.9 Å². The van der Waals surface area contributed by atoms with Crippen LogP contribution in [0.5, 0.6) is 0 Å². The number of halogens is 2. The molecule has 1 heterocycles. The van der Waals surface area contributed by atoms with E-state index in [1.165, 1.54) is 16.4 Å². The molecule has 0 spiro atoms. The maximum Gasteiger partial charge on any atom is 0.273 e. The van der Waals surface area contributed by atoms with Gasteiger partial charge in [0.05, 0.1) is 44.6 Å². The zero-order valence-corrected chi connectivity index (χ0v) is 25.7. The number of carbonyl (C=O) groups excluding carboxylic acids is 1. The Hall–Kier alpha value is -4.37. The summed E-state index contributed by atoms with van der Waals surface area (Å²) >= 11 is 12.7. The Morgan fingerprint density at radius 1 is 0.884 bits per heavy atom. The van der Waals surface area contributed by atoms with Crippen molar-refractivity contribution in [2.24, 2.45) is 5.10 Å². The van der Waals surface area contributed by atoms with E-state index in [1.807, 2.05) is 66.9 Å². The molecule has 5 rings (SSSR count). The fourth-order valence-corrected chi connectivity index (χ4v) is 6.70. The first-order valence-corrected chi connectivity index (χ1v) is 15.6. The van der Waals surface area contributed by atoms with Crippen LogP contribution in [0.25, 0.3) is 5.69 Å². The lowest BCUT2D eigenvalue weighted by atomic mass is 10.1. The average Bonchev–Trinajstić information content (AvgIpc) is 3.30. The Labute approximate surface area is 261 Å². The molecule has 0 unspecified atom stereocenters. The van der Waals surface area contributed by atoms with E-state index in [0.29, 0.717) is 10.0 Å². The summed E-state index contributed by atoms with van der Waals surface area (Å²) in [6.07, 6.45) is 1.54. The zero-order chi connectivity index (χ0) is 30.6. The highest BCUT2D eigenvalue weighted by molar-refractivity contribution is 7.92. The summed E-state index contributed by atoms with van der Waals surface area (Å²) in [5.41, 5.74) is 6.98. The lowest BCUT2D eigenvalue weighted by Crippen LogP contribution is -2.33. The van der Waals surface area contributed by atoms with Gasteiger partial charge in [0.2, 0.25) is 0 Å². The molecular formula is C33H28Cl2N4O3S. The van der Waals surface area contributed by atoms with Gasteiger partial charge in [0, 0.05) is 17.0 Å². The van der Waals surface area contributed by atoms with Crippen LogP contribution in [0.15, 0.2) is 119 Å². The second-order valence-electron chi connectivity index (χ2n) is 9.76. The van der Waals surface area contributed by atoms with Crippen molar-refractivity contribution < 1.29 is 13.2 Å². The van der Waals surface area contributed by atoms with Gasteiger partial charge in [-0.05, 0) is 61.9 Å². The van der Waals surface area contributed by atoms with E-state index in [2.05, 4.69) is 10.5 Å². The number of para-hydroxylation sites is 1. The number of sulfonamides is 1. The molecule has 0 aliphatic heterocycles. The second kappa shape index (κ2) is 12.9. The first-order valence-electron chi connectivity index (χ1n) is 13.4. The molecule has 0 aliphatic carbocycles. The minimum absolute atomic E-state index is 0.0314. The number of hydrogen-bond donors (Lipinski definition) is 1. The topological polar surface area (TPSA) is 83.8 Å². The number of benzene rings is 4. The highest BCUT2D eigenvalue weighted by atomic mass is 35.5. The number of anilines is 1. The molecule has 0 radical (unpaired) electrons. The maximum absolute atomic E-state index is 13.9. The van der Waals surface area contributed by atoms with Gasteiger partial charge in [-0.25, -0.2) is 13.8 Å². The highest BCUT2D eigenvalue weighted by Gasteiger charge is 2.28. The molecule has 43 heavy (non-hydrogen) atoms. The van der Waals surface area contributed by atoms with Crippen LogP contribution in [0, 0.1) is 13.8 Å². The first-order chi connectivity index (χ1) is 20.7. The summed E-state index contributed by atoms with van der Waals surface area (Å²) in [6.45, 7) is 3.88. The number of hydrazone groups is 1. The van der Waals surface area contributed by atoms with Crippen molar-refractivity contribution >= 4 is 51.0 Å². The summed E-state index contributed by atoms with van der Waals surface area (Å²) in [5.74, 6) is -0.556. The second-order valence-corrected chi connectivity index (χ2v) is 12.4. The standard InChI is InChI=1S/C33H28Cl2N4O3S/c1-23-20-26(24(2)39(23)31-19-11-17-29(34)32(31)35)21-36-37-33(40)28-16-9-10-18-30(28)38(22-25-12-5-3-6-13-25)43(41,42)27-14-7-4-8-15-27/h3-21H,22H2,1-2H3,(H,37,40)/b36-21+. The van der Waals surface area contributed by atoms with Crippen LogP contribution in [0.2, 0.25) is 10.0 Å². The molecule has 4 aromatic carbocycles. The normalized spacial score (nSPS) is 11.5. The first kappa shape index (κ1) is 30.1. The Morgan fingerprint density at radius 2 is 1.53 bits per heavy atom. The smallest absolute Gasteiger partial charge is 0.273 e. The van der Waals surface area contributed by atoms with E-state index < -0.39 is 15.9 Å². The lowest BCUT2D eigenvalue weighted by Gasteiger charge is -2.26. The monoisotopic (exact) mass is 630 g/mol. The molecule has 1 aromatic heterocycles. The molecule has 0 aliphatic rings. The highest BCUT2D eigenvalue weighted by Crippen LogP contribution is 2.32. The van der Waals surface area contributed by atoms with Crippen LogP contribution in [0.4, 0.5) is 5.69 Å². The van der Waals surface area contributed by atoms with E-state index in [9.17, 15) is 13.2 Å². The van der Waals surface area contributed by atoms with Gasteiger partial charge in [-0.15, -0.1) is 0 Å². The Bertz CT molecular complexity index is 1910. The van der Waals surface area contributed by atoms with Crippen molar-refractivity contribution in [3.8, 4) is 5.69 Å².